The van der Waals surface area contributed by atoms with E-state index in [0.29, 0.717) is 27.5 Å². The van der Waals surface area contributed by atoms with Crippen LogP contribution in [0.5, 0.6) is 5.75 Å². The van der Waals surface area contributed by atoms with Crippen LogP contribution in [0.15, 0.2) is 52.7 Å². The maximum absolute atomic E-state index is 12.2. The second-order valence-electron chi connectivity index (χ2n) is 6.04. The number of ether oxygens (including phenoxy) is 1. The Labute approximate surface area is 192 Å². The fourth-order valence-corrected chi connectivity index (χ4v) is 3.57. The van der Waals surface area contributed by atoms with Gasteiger partial charge in [-0.05, 0) is 55.0 Å². The van der Waals surface area contributed by atoms with Crippen LogP contribution in [0.3, 0.4) is 0 Å². The van der Waals surface area contributed by atoms with E-state index in [1.807, 2.05) is 31.2 Å². The molecule has 0 fully saturated rings. The number of hydrazone groups is 1. The number of aromatic nitrogens is 3. The van der Waals surface area contributed by atoms with Crippen molar-refractivity contribution < 1.29 is 9.53 Å². The summed E-state index contributed by atoms with van der Waals surface area (Å²) in [5, 5.41) is 15.9. The molecule has 0 saturated heterocycles. The van der Waals surface area contributed by atoms with Gasteiger partial charge in [0.1, 0.15) is 5.75 Å². The molecular formula is C19H19Cl2N7O2S. The lowest BCUT2D eigenvalue weighted by Gasteiger charge is -2.06. The number of amides is 1. The molecule has 0 bridgehead atoms. The summed E-state index contributed by atoms with van der Waals surface area (Å²) in [6.45, 7) is 2.54. The van der Waals surface area contributed by atoms with Crippen molar-refractivity contribution >= 4 is 58.7 Å². The third-order valence-electron chi connectivity index (χ3n) is 3.71. The van der Waals surface area contributed by atoms with Gasteiger partial charge in [-0.3, -0.25) is 4.79 Å². The first-order chi connectivity index (χ1) is 14.9. The summed E-state index contributed by atoms with van der Waals surface area (Å²) in [6, 6.07) is 12.2. The maximum atomic E-state index is 12.2. The van der Waals surface area contributed by atoms with Crippen LogP contribution < -0.4 is 21.3 Å². The highest BCUT2D eigenvalue weighted by Gasteiger charge is 2.12. The molecule has 31 heavy (non-hydrogen) atoms. The monoisotopic (exact) mass is 479 g/mol. The molecule has 0 aliphatic rings. The molecule has 0 atom stereocenters. The molecule has 3 aromatic rings. The van der Waals surface area contributed by atoms with Gasteiger partial charge in [0, 0.05) is 15.7 Å². The molecule has 1 aromatic heterocycles. The average Bonchev–Trinajstić information content (AvgIpc) is 3.07. The lowest BCUT2D eigenvalue weighted by molar-refractivity contribution is -0.113. The molecule has 0 saturated carbocycles. The minimum atomic E-state index is -0.269. The molecule has 12 heteroatoms. The fraction of sp³-hybridized carbons (Fsp3) is 0.158. The molecule has 9 nitrogen and oxygen atoms in total. The summed E-state index contributed by atoms with van der Waals surface area (Å²) in [5.41, 5.74) is 4.09. The van der Waals surface area contributed by atoms with E-state index in [-0.39, 0.29) is 17.6 Å². The lowest BCUT2D eigenvalue weighted by atomic mass is 10.2. The summed E-state index contributed by atoms with van der Waals surface area (Å²) in [4.78, 5) is 12.2. The topological polar surface area (TPSA) is 119 Å². The Balaban J connectivity index is 1.51. The molecular weight excluding hydrogens is 461 g/mol. The summed E-state index contributed by atoms with van der Waals surface area (Å²) >= 11 is 13.0. The first kappa shape index (κ1) is 22.7. The maximum Gasteiger partial charge on any atom is 0.264 e. The van der Waals surface area contributed by atoms with Crippen molar-refractivity contribution in [3.05, 3.63) is 58.1 Å². The number of nitrogens with zero attached hydrogens (tertiary/aromatic N) is 4. The van der Waals surface area contributed by atoms with Gasteiger partial charge in [0.15, 0.2) is 0 Å². The van der Waals surface area contributed by atoms with Crippen LogP contribution >= 0.6 is 35.0 Å². The van der Waals surface area contributed by atoms with Gasteiger partial charge in [0.05, 0.1) is 18.6 Å². The number of halogens is 2. The highest BCUT2D eigenvalue weighted by atomic mass is 35.5. The van der Waals surface area contributed by atoms with E-state index in [4.69, 9.17) is 33.8 Å². The SMILES string of the molecule is CCOc1ccc(/C=N/Nc2nnc(SCC(=O)Nc3cc(Cl)cc(Cl)c3)n2N)cc1. The summed E-state index contributed by atoms with van der Waals surface area (Å²) in [7, 11) is 0. The molecule has 0 radical (unpaired) electrons. The second-order valence-corrected chi connectivity index (χ2v) is 7.86. The van der Waals surface area contributed by atoms with Gasteiger partial charge in [-0.15, -0.1) is 10.2 Å². The van der Waals surface area contributed by atoms with Gasteiger partial charge >= 0.3 is 0 Å². The zero-order chi connectivity index (χ0) is 22.2. The molecule has 4 N–H and O–H groups in total. The van der Waals surface area contributed by atoms with Gasteiger partial charge in [-0.25, -0.2) is 10.1 Å². The van der Waals surface area contributed by atoms with Crippen molar-refractivity contribution in [2.24, 2.45) is 5.10 Å². The number of nitrogens with two attached hydrogens (primary N) is 1. The van der Waals surface area contributed by atoms with Crippen molar-refractivity contribution in [2.45, 2.75) is 12.1 Å². The molecule has 0 unspecified atom stereocenters. The third kappa shape index (κ3) is 6.78. The quantitative estimate of drug-likeness (QED) is 0.184. The predicted octanol–water partition coefficient (Wildman–Crippen LogP) is 3.87. The van der Waals surface area contributed by atoms with Crippen molar-refractivity contribution in [1.29, 1.82) is 0 Å². The highest BCUT2D eigenvalue weighted by Crippen LogP contribution is 2.23. The standard InChI is InChI=1S/C19H19Cl2N7O2S/c1-2-30-16-5-3-12(4-6-16)10-23-25-18-26-27-19(28(18)22)31-11-17(29)24-15-8-13(20)7-14(21)9-15/h3-10H,2,11,22H2,1H3,(H,24,29)(H,25,26)/b23-10+. The van der Waals surface area contributed by atoms with Crippen molar-refractivity contribution in [3.8, 4) is 5.75 Å². The Morgan fingerprint density at radius 3 is 2.61 bits per heavy atom. The summed E-state index contributed by atoms with van der Waals surface area (Å²) in [6.07, 6.45) is 1.61. The second kappa shape index (κ2) is 10.9. The van der Waals surface area contributed by atoms with E-state index in [1.54, 1.807) is 24.4 Å². The van der Waals surface area contributed by atoms with Gasteiger partial charge < -0.3 is 15.9 Å². The normalized spacial score (nSPS) is 10.9. The first-order valence-corrected chi connectivity index (χ1v) is 10.8. The number of hydrogen-bond donors (Lipinski definition) is 3. The molecule has 162 valence electrons. The van der Waals surface area contributed by atoms with Crippen LogP contribution in [0.25, 0.3) is 0 Å². The van der Waals surface area contributed by atoms with Gasteiger partial charge in [0.25, 0.3) is 5.95 Å². The minimum absolute atomic E-state index is 0.0644. The Morgan fingerprint density at radius 1 is 1.23 bits per heavy atom. The lowest BCUT2D eigenvalue weighted by Crippen LogP contribution is -2.16. The van der Waals surface area contributed by atoms with E-state index in [0.717, 1.165) is 23.1 Å². The number of nitrogen functional groups attached to an aromatic ring is 1. The van der Waals surface area contributed by atoms with Crippen molar-refractivity contribution in [1.82, 2.24) is 14.9 Å². The summed E-state index contributed by atoms with van der Waals surface area (Å²) < 4.78 is 6.61. The number of rotatable bonds is 9. The molecule has 0 spiro atoms. The number of carbonyl (C=O) groups excluding carboxylic acids is 1. The largest absolute Gasteiger partial charge is 0.494 e. The highest BCUT2D eigenvalue weighted by molar-refractivity contribution is 7.99. The van der Waals surface area contributed by atoms with E-state index >= 15 is 0 Å². The smallest absolute Gasteiger partial charge is 0.264 e. The number of thioether (sulfide) groups is 1. The number of benzene rings is 2. The van der Waals surface area contributed by atoms with E-state index in [9.17, 15) is 4.79 Å². The van der Waals surface area contributed by atoms with Gasteiger partial charge in [-0.1, -0.05) is 35.0 Å². The Kier molecular flexibility index (Phi) is 7.99. The Hall–Kier alpha value is -2.95. The van der Waals surface area contributed by atoms with Gasteiger partial charge in [-0.2, -0.15) is 5.10 Å². The van der Waals surface area contributed by atoms with Crippen LogP contribution in [-0.4, -0.2) is 39.4 Å². The fourth-order valence-electron chi connectivity index (χ4n) is 2.39. The van der Waals surface area contributed by atoms with Crippen molar-refractivity contribution in [3.63, 3.8) is 0 Å². The number of carbonyl (C=O) groups is 1. The molecule has 3 rings (SSSR count). The number of hydrogen-bond acceptors (Lipinski definition) is 8. The van der Waals surface area contributed by atoms with E-state index < -0.39 is 0 Å². The van der Waals surface area contributed by atoms with Crippen LogP contribution in [-0.2, 0) is 4.79 Å². The average molecular weight is 480 g/mol. The zero-order valence-corrected chi connectivity index (χ0v) is 18.7. The van der Waals surface area contributed by atoms with Gasteiger partial charge in [0.2, 0.25) is 11.1 Å². The predicted molar refractivity (Wildman–Crippen MR) is 125 cm³/mol. The molecule has 0 aliphatic carbocycles. The molecule has 1 amide bonds. The van der Waals surface area contributed by atoms with Crippen LogP contribution in [0.1, 0.15) is 12.5 Å². The van der Waals surface area contributed by atoms with Crippen LogP contribution in [0.2, 0.25) is 10.0 Å². The van der Waals surface area contributed by atoms with Crippen molar-refractivity contribution in [2.75, 3.05) is 28.9 Å². The van der Waals surface area contributed by atoms with E-state index in [1.165, 1.54) is 4.68 Å². The summed E-state index contributed by atoms with van der Waals surface area (Å²) in [5.74, 6) is 6.78. The first-order valence-electron chi connectivity index (χ1n) is 9.05. The Morgan fingerprint density at radius 2 is 1.94 bits per heavy atom. The minimum Gasteiger partial charge on any atom is -0.494 e. The number of nitrogens with one attached hydrogen (secondary N) is 2. The Bertz CT molecular complexity index is 1050. The molecule has 0 aliphatic heterocycles. The van der Waals surface area contributed by atoms with E-state index in [2.05, 4.69) is 26.0 Å². The third-order valence-corrected chi connectivity index (χ3v) is 5.09. The molecule has 2 aromatic carbocycles. The number of anilines is 2. The zero-order valence-electron chi connectivity index (χ0n) is 16.4. The van der Waals surface area contributed by atoms with Crippen LogP contribution in [0, 0.1) is 0 Å². The molecule has 1 heterocycles. The van der Waals surface area contributed by atoms with Crippen LogP contribution in [0.4, 0.5) is 11.6 Å².